The van der Waals surface area contributed by atoms with Gasteiger partial charge in [-0.05, 0) is 43.0 Å². The summed E-state index contributed by atoms with van der Waals surface area (Å²) in [5.41, 5.74) is 5.79. The van der Waals surface area contributed by atoms with Crippen molar-refractivity contribution in [2.24, 2.45) is 0 Å². The summed E-state index contributed by atoms with van der Waals surface area (Å²) in [7, 11) is 0. The van der Waals surface area contributed by atoms with E-state index in [1.807, 2.05) is 0 Å². The van der Waals surface area contributed by atoms with Gasteiger partial charge in [0, 0.05) is 20.8 Å². The van der Waals surface area contributed by atoms with Crippen LogP contribution in [-0.4, -0.2) is 4.98 Å². The summed E-state index contributed by atoms with van der Waals surface area (Å²) in [5, 5.41) is 3.70. The molecule has 1 heterocycles. The second kappa shape index (κ2) is 5.47. The minimum atomic E-state index is 1.05. The van der Waals surface area contributed by atoms with E-state index < -0.39 is 0 Å². The zero-order valence-electron chi connectivity index (χ0n) is 13.1. The molecular formula is C21H16BrN. The van der Waals surface area contributed by atoms with Gasteiger partial charge in [0.05, 0.1) is 11.2 Å². The molecule has 2 heteroatoms. The number of fused-ring (bicyclic) bond motifs is 3. The predicted molar refractivity (Wildman–Crippen MR) is 102 cm³/mol. The third kappa shape index (κ3) is 2.43. The van der Waals surface area contributed by atoms with E-state index in [0.717, 1.165) is 21.2 Å². The fourth-order valence-corrected chi connectivity index (χ4v) is 3.50. The van der Waals surface area contributed by atoms with Crippen molar-refractivity contribution in [3.05, 3.63) is 76.3 Å². The van der Waals surface area contributed by atoms with E-state index >= 15 is 0 Å². The van der Waals surface area contributed by atoms with Gasteiger partial charge in [0.2, 0.25) is 0 Å². The van der Waals surface area contributed by atoms with Gasteiger partial charge in [0.1, 0.15) is 0 Å². The third-order valence-corrected chi connectivity index (χ3v) is 4.79. The molecule has 0 atom stereocenters. The molecule has 4 aromatic rings. The molecule has 0 N–H and O–H groups in total. The van der Waals surface area contributed by atoms with Crippen molar-refractivity contribution < 1.29 is 0 Å². The quantitative estimate of drug-likeness (QED) is 0.355. The topological polar surface area (TPSA) is 12.9 Å². The Morgan fingerprint density at radius 1 is 0.783 bits per heavy atom. The maximum Gasteiger partial charge on any atom is 0.0788 e. The Morgan fingerprint density at radius 2 is 1.48 bits per heavy atom. The second-order valence-corrected chi connectivity index (χ2v) is 6.91. The Bertz CT molecular complexity index is 1030. The fraction of sp³-hybridized carbons (Fsp3) is 0.0952. The van der Waals surface area contributed by atoms with Gasteiger partial charge in [-0.3, -0.25) is 0 Å². The van der Waals surface area contributed by atoms with Gasteiger partial charge in [-0.1, -0.05) is 64.0 Å². The van der Waals surface area contributed by atoms with Crippen LogP contribution < -0.4 is 0 Å². The minimum absolute atomic E-state index is 1.05. The zero-order valence-corrected chi connectivity index (χ0v) is 14.7. The maximum absolute atomic E-state index is 5.03. The monoisotopic (exact) mass is 361 g/mol. The van der Waals surface area contributed by atoms with E-state index in [4.69, 9.17) is 4.98 Å². The number of aryl methyl sites for hydroxylation is 2. The Kier molecular flexibility index (Phi) is 3.42. The highest BCUT2D eigenvalue weighted by atomic mass is 79.9. The van der Waals surface area contributed by atoms with Crippen molar-refractivity contribution in [3.63, 3.8) is 0 Å². The van der Waals surface area contributed by atoms with Gasteiger partial charge in [-0.15, -0.1) is 0 Å². The van der Waals surface area contributed by atoms with E-state index in [9.17, 15) is 0 Å². The number of nitrogens with zero attached hydrogens (tertiary/aromatic N) is 1. The van der Waals surface area contributed by atoms with Crippen LogP contribution in [0.4, 0.5) is 0 Å². The summed E-state index contributed by atoms with van der Waals surface area (Å²) < 4.78 is 1.08. The molecule has 0 bridgehead atoms. The van der Waals surface area contributed by atoms with Gasteiger partial charge in [0.25, 0.3) is 0 Å². The summed E-state index contributed by atoms with van der Waals surface area (Å²) in [6, 6.07) is 21.4. The Hall–Kier alpha value is -2.19. The molecule has 0 saturated heterocycles. The standard InChI is InChI=1S/C21H16BrN/c1-13-11-14(2)20-19(12-13)17-5-3-4-6-18(17)21(23-20)15-7-9-16(22)10-8-15/h3-12H,1-2H3. The van der Waals surface area contributed by atoms with Crippen LogP contribution in [0.5, 0.6) is 0 Å². The molecule has 0 amide bonds. The average molecular weight is 362 g/mol. The van der Waals surface area contributed by atoms with Crippen molar-refractivity contribution in [1.82, 2.24) is 4.98 Å². The second-order valence-electron chi connectivity index (χ2n) is 5.99. The van der Waals surface area contributed by atoms with E-state index in [2.05, 4.69) is 90.4 Å². The highest BCUT2D eigenvalue weighted by Gasteiger charge is 2.11. The van der Waals surface area contributed by atoms with Gasteiger partial charge in [-0.25, -0.2) is 4.98 Å². The van der Waals surface area contributed by atoms with E-state index in [1.165, 1.54) is 27.3 Å². The number of hydrogen-bond acceptors (Lipinski definition) is 1. The molecule has 112 valence electrons. The molecule has 0 saturated carbocycles. The first-order valence-corrected chi connectivity index (χ1v) is 8.48. The molecule has 0 unspecified atom stereocenters. The molecule has 0 aliphatic carbocycles. The maximum atomic E-state index is 5.03. The summed E-state index contributed by atoms with van der Waals surface area (Å²) in [5.74, 6) is 0. The third-order valence-electron chi connectivity index (χ3n) is 4.26. The van der Waals surface area contributed by atoms with E-state index in [1.54, 1.807) is 0 Å². The SMILES string of the molecule is Cc1cc(C)c2nc(-c3ccc(Br)cc3)c3ccccc3c2c1. The van der Waals surface area contributed by atoms with Crippen LogP contribution in [-0.2, 0) is 0 Å². The van der Waals surface area contributed by atoms with Crippen molar-refractivity contribution >= 4 is 37.6 Å². The first-order valence-electron chi connectivity index (χ1n) is 7.69. The molecule has 0 fully saturated rings. The smallest absolute Gasteiger partial charge is 0.0788 e. The van der Waals surface area contributed by atoms with E-state index in [-0.39, 0.29) is 0 Å². The van der Waals surface area contributed by atoms with Gasteiger partial charge in [-0.2, -0.15) is 0 Å². The highest BCUT2D eigenvalue weighted by molar-refractivity contribution is 9.10. The lowest BCUT2D eigenvalue weighted by molar-refractivity contribution is 1.35. The van der Waals surface area contributed by atoms with E-state index in [0.29, 0.717) is 0 Å². The zero-order chi connectivity index (χ0) is 16.0. The molecule has 23 heavy (non-hydrogen) atoms. The molecule has 0 spiro atoms. The lowest BCUT2D eigenvalue weighted by atomic mass is 9.97. The van der Waals surface area contributed by atoms with Gasteiger partial charge >= 0.3 is 0 Å². The first kappa shape index (κ1) is 14.4. The van der Waals surface area contributed by atoms with Crippen LogP contribution in [0.3, 0.4) is 0 Å². The fourth-order valence-electron chi connectivity index (χ4n) is 3.24. The predicted octanol–water partition coefficient (Wildman–Crippen LogP) is 6.43. The van der Waals surface area contributed by atoms with Gasteiger partial charge in [0.15, 0.2) is 0 Å². The largest absolute Gasteiger partial charge is 0.247 e. The molecule has 4 rings (SSSR count). The lowest BCUT2D eigenvalue weighted by Gasteiger charge is -2.12. The number of benzene rings is 3. The normalized spacial score (nSPS) is 11.3. The molecule has 0 radical (unpaired) electrons. The van der Waals surface area contributed by atoms with Crippen LogP contribution in [0.2, 0.25) is 0 Å². The Morgan fingerprint density at radius 3 is 2.22 bits per heavy atom. The molecule has 0 aliphatic rings. The molecular weight excluding hydrogens is 346 g/mol. The number of rotatable bonds is 1. The minimum Gasteiger partial charge on any atom is -0.247 e. The summed E-state index contributed by atoms with van der Waals surface area (Å²) >= 11 is 3.51. The average Bonchev–Trinajstić information content (AvgIpc) is 2.55. The van der Waals surface area contributed by atoms with Crippen molar-refractivity contribution in [2.45, 2.75) is 13.8 Å². The summed E-state index contributed by atoms with van der Waals surface area (Å²) in [4.78, 5) is 5.03. The van der Waals surface area contributed by atoms with Crippen LogP contribution in [0.15, 0.2) is 65.1 Å². The lowest BCUT2D eigenvalue weighted by Crippen LogP contribution is -1.92. The number of aromatic nitrogens is 1. The van der Waals surface area contributed by atoms with Crippen LogP contribution in [0, 0.1) is 13.8 Å². The summed E-state index contributed by atoms with van der Waals surface area (Å²) in [6.07, 6.45) is 0. The number of halogens is 1. The molecule has 3 aromatic carbocycles. The van der Waals surface area contributed by atoms with Crippen LogP contribution in [0.25, 0.3) is 32.9 Å². The Labute approximate surface area is 144 Å². The molecule has 0 aliphatic heterocycles. The van der Waals surface area contributed by atoms with Crippen LogP contribution in [0.1, 0.15) is 11.1 Å². The number of hydrogen-bond donors (Lipinski definition) is 0. The van der Waals surface area contributed by atoms with Gasteiger partial charge < -0.3 is 0 Å². The van der Waals surface area contributed by atoms with Crippen molar-refractivity contribution in [1.29, 1.82) is 0 Å². The van der Waals surface area contributed by atoms with Crippen molar-refractivity contribution in [3.8, 4) is 11.3 Å². The summed E-state index contributed by atoms with van der Waals surface area (Å²) in [6.45, 7) is 4.28. The number of pyridine rings is 1. The molecule has 1 aromatic heterocycles. The van der Waals surface area contributed by atoms with Crippen molar-refractivity contribution in [2.75, 3.05) is 0 Å². The first-order chi connectivity index (χ1) is 11.1. The highest BCUT2D eigenvalue weighted by Crippen LogP contribution is 2.34. The molecule has 1 nitrogen and oxygen atoms in total. The van der Waals surface area contributed by atoms with Crippen LogP contribution >= 0.6 is 15.9 Å². The Balaban J connectivity index is 2.16.